The molecule has 0 radical (unpaired) electrons. The summed E-state index contributed by atoms with van der Waals surface area (Å²) in [6.45, 7) is 1.28. The monoisotopic (exact) mass is 381 g/mol. The summed E-state index contributed by atoms with van der Waals surface area (Å²) < 4.78 is 49.9. The van der Waals surface area contributed by atoms with Crippen molar-refractivity contribution < 1.29 is 51.2 Å². The van der Waals surface area contributed by atoms with Gasteiger partial charge in [0, 0.05) is 0 Å². The molecule has 1 rings (SSSR count). The molecule has 1 heterocycles. The molecule has 0 aromatic heterocycles. The van der Waals surface area contributed by atoms with Crippen LogP contribution in [0.1, 0.15) is 13.3 Å². The van der Waals surface area contributed by atoms with Gasteiger partial charge >= 0.3 is 125 Å². The predicted octanol–water partition coefficient (Wildman–Crippen LogP) is 0.165. The number of phosphoric ester groups is 1. The second-order valence-corrected chi connectivity index (χ2v) is 8.83. The zero-order chi connectivity index (χ0) is 17.2. The summed E-state index contributed by atoms with van der Waals surface area (Å²) in [5.41, 5.74) is 0. The number of rotatable bonds is 8. The van der Waals surface area contributed by atoms with Crippen LogP contribution in [0.2, 0.25) is 0 Å². The number of hydrogen-bond acceptors (Lipinski definition) is 8. The fraction of sp³-hybridized carbons (Fsp3) is 1.00. The van der Waals surface area contributed by atoms with E-state index in [2.05, 4.69) is 25.7 Å². The molecule has 0 saturated carbocycles. The molecule has 0 aromatic carbocycles. The summed E-state index contributed by atoms with van der Waals surface area (Å²) >= 11 is 0. The molecule has 22 heavy (non-hydrogen) atoms. The van der Waals surface area contributed by atoms with Crippen LogP contribution < -0.4 is 0 Å². The van der Waals surface area contributed by atoms with Crippen molar-refractivity contribution in [2.24, 2.45) is 10.8 Å². The zero-order valence-electron chi connectivity index (χ0n) is 11.3. The van der Waals surface area contributed by atoms with Crippen molar-refractivity contribution in [3.8, 4) is 0 Å². The Morgan fingerprint density at radius 3 is 2.23 bits per heavy atom. The number of hydrogen-bond donors (Lipinski definition) is 4. The van der Waals surface area contributed by atoms with Crippen LogP contribution in [-0.2, 0) is 31.6 Å². The fourth-order valence-electron chi connectivity index (χ4n) is 1.65. The molecule has 1 aliphatic rings. The van der Waals surface area contributed by atoms with Gasteiger partial charge in [-0.15, -0.1) is 0 Å². The second-order valence-electron chi connectivity index (χ2n) is 4.41. The van der Waals surface area contributed by atoms with E-state index in [0.717, 1.165) is 0 Å². The molecule has 1 saturated heterocycles. The molecule has 128 valence electrons. The molecule has 0 aliphatic carbocycles. The van der Waals surface area contributed by atoms with Gasteiger partial charge in [0.05, 0.1) is 0 Å². The summed E-state index contributed by atoms with van der Waals surface area (Å²) in [6.07, 6.45) is -0.627. The molecule has 1 aliphatic heterocycles. The molecular formula is C6H15BNO11P3. The van der Waals surface area contributed by atoms with E-state index in [1.54, 1.807) is 6.92 Å². The van der Waals surface area contributed by atoms with E-state index in [4.69, 9.17) is 19.4 Å². The molecule has 1 fully saturated rings. The fourth-order valence-corrected chi connectivity index (χ4v) is 4.68. The zero-order valence-corrected chi connectivity index (χ0v) is 14.0. The summed E-state index contributed by atoms with van der Waals surface area (Å²) in [4.78, 5) is 38.6. The first-order valence-corrected chi connectivity index (χ1v) is 10.3. The van der Waals surface area contributed by atoms with Crippen LogP contribution >= 0.6 is 23.5 Å². The Morgan fingerprint density at radius 2 is 1.77 bits per heavy atom. The van der Waals surface area contributed by atoms with Crippen molar-refractivity contribution in [3.05, 3.63) is 0 Å². The van der Waals surface area contributed by atoms with E-state index in [1.165, 1.54) is 0 Å². The minimum absolute atomic E-state index is 0.0946. The van der Waals surface area contributed by atoms with Gasteiger partial charge in [0.1, 0.15) is 0 Å². The quantitative estimate of drug-likeness (QED) is 0.332. The molecule has 2 unspecified atom stereocenters. The topological polar surface area (TPSA) is 181 Å². The SMILES string of the molecule is B=N[C@H]1C[C@@H](C)[C@@H](COP(=O)(O)OP(=O)(O)OP(=O)(O)O)O1. The summed E-state index contributed by atoms with van der Waals surface area (Å²) in [5.74, 6) is -0.0946. The van der Waals surface area contributed by atoms with Crippen LogP contribution in [-0.4, -0.2) is 46.2 Å². The average Bonchev–Trinajstić information content (AvgIpc) is 2.62. The second kappa shape index (κ2) is 7.42. The Balaban J connectivity index is 2.57. The van der Waals surface area contributed by atoms with Gasteiger partial charge < -0.3 is 0 Å². The molecule has 0 aromatic rings. The van der Waals surface area contributed by atoms with Crippen LogP contribution in [0.15, 0.2) is 4.90 Å². The first kappa shape index (κ1) is 20.3. The Bertz CT molecular complexity index is 550. The Labute approximate surface area is 126 Å². The van der Waals surface area contributed by atoms with Crippen molar-refractivity contribution in [3.63, 3.8) is 0 Å². The summed E-state index contributed by atoms with van der Waals surface area (Å²) in [7, 11) is -12.7. The summed E-state index contributed by atoms with van der Waals surface area (Å²) in [5, 5.41) is 0. The van der Waals surface area contributed by atoms with Crippen molar-refractivity contribution >= 4 is 31.1 Å². The normalized spacial score (nSPS) is 31.4. The Hall–Kier alpha value is 0.235. The third-order valence-electron chi connectivity index (χ3n) is 2.56. The first-order chi connectivity index (χ1) is 9.84. The molecule has 4 N–H and O–H groups in total. The van der Waals surface area contributed by atoms with E-state index in [9.17, 15) is 18.6 Å². The van der Waals surface area contributed by atoms with Crippen LogP contribution in [0.25, 0.3) is 0 Å². The van der Waals surface area contributed by atoms with Crippen LogP contribution in [0.3, 0.4) is 0 Å². The molecule has 0 spiro atoms. The third-order valence-corrected chi connectivity index (χ3v) is 6.36. The van der Waals surface area contributed by atoms with Crippen LogP contribution in [0, 0.1) is 5.92 Å². The van der Waals surface area contributed by atoms with Gasteiger partial charge in [0.25, 0.3) is 0 Å². The minimum atomic E-state index is -5.50. The van der Waals surface area contributed by atoms with E-state index in [-0.39, 0.29) is 5.92 Å². The van der Waals surface area contributed by atoms with E-state index in [1.807, 2.05) is 0 Å². The van der Waals surface area contributed by atoms with Gasteiger partial charge in [-0.05, 0) is 0 Å². The number of ether oxygens (including phenoxy) is 1. The van der Waals surface area contributed by atoms with Crippen molar-refractivity contribution in [1.29, 1.82) is 0 Å². The number of nitrogens with zero attached hydrogens (tertiary/aromatic N) is 1. The van der Waals surface area contributed by atoms with Gasteiger partial charge in [-0.2, -0.15) is 0 Å². The molecular weight excluding hydrogens is 366 g/mol. The first-order valence-electron chi connectivity index (χ1n) is 5.73. The molecule has 0 amide bonds. The van der Waals surface area contributed by atoms with Gasteiger partial charge in [-0.25, -0.2) is 0 Å². The van der Waals surface area contributed by atoms with E-state index in [0.29, 0.717) is 6.42 Å². The maximum absolute atomic E-state index is 11.5. The standard InChI is InChI=1S/C6H15BNO11P3/c1-4-2-6(8-7)17-5(4)3-16-21(12,13)19-22(14,15)18-20(9,10)11/h4-7H,2-3H2,1H3,(H,12,13)(H,14,15)(H2,9,10,11)/t4-,5-,6-/m1/s1. The van der Waals surface area contributed by atoms with E-state index < -0.39 is 42.4 Å². The number of phosphoric acid groups is 3. The molecule has 0 bridgehead atoms. The molecule has 16 heteroatoms. The van der Waals surface area contributed by atoms with Crippen molar-refractivity contribution in [2.45, 2.75) is 25.7 Å². The van der Waals surface area contributed by atoms with Gasteiger partial charge in [0.2, 0.25) is 0 Å². The van der Waals surface area contributed by atoms with Gasteiger partial charge in [-0.1, -0.05) is 0 Å². The van der Waals surface area contributed by atoms with Crippen LogP contribution in [0.5, 0.6) is 0 Å². The molecule has 5 atom stereocenters. The van der Waals surface area contributed by atoms with Crippen molar-refractivity contribution in [2.75, 3.05) is 6.61 Å². The average molecular weight is 381 g/mol. The molecule has 12 nitrogen and oxygen atoms in total. The summed E-state index contributed by atoms with van der Waals surface area (Å²) in [6, 6.07) is 0. The third kappa shape index (κ3) is 7.20. The van der Waals surface area contributed by atoms with Crippen LogP contribution in [0.4, 0.5) is 0 Å². The van der Waals surface area contributed by atoms with E-state index >= 15 is 0 Å². The van der Waals surface area contributed by atoms with Gasteiger partial charge in [0.15, 0.2) is 0 Å². The van der Waals surface area contributed by atoms with Crippen molar-refractivity contribution in [1.82, 2.24) is 0 Å². The van der Waals surface area contributed by atoms with Gasteiger partial charge in [-0.3, -0.25) is 0 Å². The Morgan fingerprint density at radius 1 is 1.18 bits per heavy atom. The Kier molecular flexibility index (Phi) is 6.84. The predicted molar refractivity (Wildman–Crippen MR) is 71.8 cm³/mol. The maximum atomic E-state index is 11.5.